The molecule has 0 fully saturated rings. The fourth-order valence-corrected chi connectivity index (χ4v) is 2.28. The van der Waals surface area contributed by atoms with E-state index >= 15 is 0 Å². The first-order chi connectivity index (χ1) is 10.0. The second-order valence-electron chi connectivity index (χ2n) is 5.49. The van der Waals surface area contributed by atoms with Gasteiger partial charge in [0, 0.05) is 6.04 Å². The standard InChI is InChI=1S/C18H22FNO/c1-13-4-3-5-18(10-13)21-9-8-17(20)12-15-11-16(19)7-6-14(15)2/h3-7,10-11,17H,8-9,12,20H2,1-2H3. The fraction of sp³-hybridized carbons (Fsp3) is 0.333. The molecule has 0 saturated carbocycles. The first-order valence-electron chi connectivity index (χ1n) is 7.24. The minimum absolute atomic E-state index is 0.0321. The van der Waals surface area contributed by atoms with Gasteiger partial charge in [-0.2, -0.15) is 0 Å². The van der Waals surface area contributed by atoms with Crippen LogP contribution in [-0.4, -0.2) is 12.6 Å². The van der Waals surface area contributed by atoms with E-state index in [0.717, 1.165) is 23.3 Å². The summed E-state index contributed by atoms with van der Waals surface area (Å²) in [7, 11) is 0. The molecule has 2 aromatic carbocycles. The van der Waals surface area contributed by atoms with E-state index in [1.54, 1.807) is 12.1 Å². The van der Waals surface area contributed by atoms with Crippen LogP contribution in [0.15, 0.2) is 42.5 Å². The molecule has 0 aromatic heterocycles. The molecule has 2 nitrogen and oxygen atoms in total. The number of ether oxygens (including phenoxy) is 1. The highest BCUT2D eigenvalue weighted by atomic mass is 19.1. The largest absolute Gasteiger partial charge is 0.494 e. The molecule has 2 aromatic rings. The number of hydrogen-bond donors (Lipinski definition) is 1. The Balaban J connectivity index is 1.82. The summed E-state index contributed by atoms with van der Waals surface area (Å²) in [6, 6.07) is 12.8. The molecule has 21 heavy (non-hydrogen) atoms. The summed E-state index contributed by atoms with van der Waals surface area (Å²) in [6.07, 6.45) is 1.41. The lowest BCUT2D eigenvalue weighted by Gasteiger charge is -2.14. The summed E-state index contributed by atoms with van der Waals surface area (Å²) >= 11 is 0. The highest BCUT2D eigenvalue weighted by molar-refractivity contribution is 5.28. The van der Waals surface area contributed by atoms with Gasteiger partial charge in [-0.15, -0.1) is 0 Å². The number of rotatable bonds is 6. The molecule has 0 aliphatic rings. The van der Waals surface area contributed by atoms with Gasteiger partial charge in [0.25, 0.3) is 0 Å². The zero-order chi connectivity index (χ0) is 15.2. The highest BCUT2D eigenvalue weighted by Crippen LogP contribution is 2.15. The second-order valence-corrected chi connectivity index (χ2v) is 5.49. The first-order valence-corrected chi connectivity index (χ1v) is 7.24. The zero-order valence-electron chi connectivity index (χ0n) is 12.6. The maximum absolute atomic E-state index is 13.2. The number of hydrogen-bond acceptors (Lipinski definition) is 2. The summed E-state index contributed by atoms with van der Waals surface area (Å²) in [6.45, 7) is 4.58. The van der Waals surface area contributed by atoms with Crippen LogP contribution in [0.25, 0.3) is 0 Å². The number of aryl methyl sites for hydroxylation is 2. The minimum Gasteiger partial charge on any atom is -0.494 e. The van der Waals surface area contributed by atoms with Gasteiger partial charge in [-0.3, -0.25) is 0 Å². The van der Waals surface area contributed by atoms with Crippen molar-refractivity contribution in [2.75, 3.05) is 6.61 Å². The Kier molecular flexibility index (Phi) is 5.34. The molecule has 0 spiro atoms. The van der Waals surface area contributed by atoms with Gasteiger partial charge in [0.2, 0.25) is 0 Å². The molecular weight excluding hydrogens is 265 g/mol. The Bertz CT molecular complexity index is 598. The third-order valence-electron chi connectivity index (χ3n) is 3.54. The lowest BCUT2D eigenvalue weighted by molar-refractivity contribution is 0.297. The molecule has 0 saturated heterocycles. The minimum atomic E-state index is -0.209. The van der Waals surface area contributed by atoms with E-state index in [1.807, 2.05) is 38.1 Å². The van der Waals surface area contributed by atoms with Crippen molar-refractivity contribution >= 4 is 0 Å². The van der Waals surface area contributed by atoms with Crippen molar-refractivity contribution in [2.45, 2.75) is 32.7 Å². The van der Waals surface area contributed by atoms with E-state index in [4.69, 9.17) is 10.5 Å². The van der Waals surface area contributed by atoms with Gasteiger partial charge < -0.3 is 10.5 Å². The van der Waals surface area contributed by atoms with Crippen LogP contribution in [0, 0.1) is 19.7 Å². The highest BCUT2D eigenvalue weighted by Gasteiger charge is 2.08. The smallest absolute Gasteiger partial charge is 0.123 e. The van der Waals surface area contributed by atoms with E-state index in [2.05, 4.69) is 0 Å². The molecule has 112 valence electrons. The molecule has 0 heterocycles. The maximum atomic E-state index is 13.2. The molecule has 3 heteroatoms. The van der Waals surface area contributed by atoms with Crippen LogP contribution < -0.4 is 10.5 Å². The van der Waals surface area contributed by atoms with Crippen LogP contribution in [0.5, 0.6) is 5.75 Å². The molecular formula is C18H22FNO. The number of benzene rings is 2. The molecule has 0 radical (unpaired) electrons. The van der Waals surface area contributed by atoms with E-state index in [0.29, 0.717) is 13.0 Å². The predicted molar refractivity (Wildman–Crippen MR) is 84.1 cm³/mol. The van der Waals surface area contributed by atoms with Gasteiger partial charge in [-0.05, 0) is 67.6 Å². The lowest BCUT2D eigenvalue weighted by atomic mass is 10.00. The van der Waals surface area contributed by atoms with Crippen molar-refractivity contribution in [1.82, 2.24) is 0 Å². The van der Waals surface area contributed by atoms with Crippen molar-refractivity contribution in [3.63, 3.8) is 0 Å². The van der Waals surface area contributed by atoms with Gasteiger partial charge in [-0.1, -0.05) is 18.2 Å². The van der Waals surface area contributed by atoms with Crippen LogP contribution in [0.4, 0.5) is 4.39 Å². The average Bonchev–Trinajstić information content (AvgIpc) is 2.43. The summed E-state index contributed by atoms with van der Waals surface area (Å²) in [5, 5.41) is 0. The van der Waals surface area contributed by atoms with E-state index < -0.39 is 0 Å². The Hall–Kier alpha value is -1.87. The second kappa shape index (κ2) is 7.23. The molecule has 0 bridgehead atoms. The van der Waals surface area contributed by atoms with Crippen LogP contribution in [-0.2, 0) is 6.42 Å². The van der Waals surface area contributed by atoms with Gasteiger partial charge >= 0.3 is 0 Å². The normalized spacial score (nSPS) is 12.2. The average molecular weight is 287 g/mol. The van der Waals surface area contributed by atoms with E-state index in [9.17, 15) is 4.39 Å². The van der Waals surface area contributed by atoms with Gasteiger partial charge in [-0.25, -0.2) is 4.39 Å². The summed E-state index contributed by atoms with van der Waals surface area (Å²) < 4.78 is 18.9. The molecule has 1 atom stereocenters. The van der Waals surface area contributed by atoms with Crippen molar-refractivity contribution in [2.24, 2.45) is 5.73 Å². The fourth-order valence-electron chi connectivity index (χ4n) is 2.28. The monoisotopic (exact) mass is 287 g/mol. The summed E-state index contributed by atoms with van der Waals surface area (Å²) in [5.41, 5.74) is 9.34. The van der Waals surface area contributed by atoms with E-state index in [-0.39, 0.29) is 11.9 Å². The van der Waals surface area contributed by atoms with Gasteiger partial charge in [0.15, 0.2) is 0 Å². The molecule has 0 aliphatic heterocycles. The van der Waals surface area contributed by atoms with Gasteiger partial charge in [0.05, 0.1) is 6.61 Å². The van der Waals surface area contributed by atoms with E-state index in [1.165, 1.54) is 11.6 Å². The van der Waals surface area contributed by atoms with Crippen molar-refractivity contribution < 1.29 is 9.13 Å². The Morgan fingerprint density at radius 2 is 1.95 bits per heavy atom. The molecule has 2 rings (SSSR count). The summed E-state index contributed by atoms with van der Waals surface area (Å²) in [4.78, 5) is 0. The predicted octanol–water partition coefficient (Wildman–Crippen LogP) is 3.78. The SMILES string of the molecule is Cc1cccc(OCCC(N)Cc2cc(F)ccc2C)c1. The Morgan fingerprint density at radius 1 is 1.14 bits per heavy atom. The van der Waals surface area contributed by atoms with Crippen LogP contribution >= 0.6 is 0 Å². The third-order valence-corrected chi connectivity index (χ3v) is 3.54. The Morgan fingerprint density at radius 3 is 2.71 bits per heavy atom. The van der Waals surface area contributed by atoms with Crippen molar-refractivity contribution in [1.29, 1.82) is 0 Å². The van der Waals surface area contributed by atoms with Crippen molar-refractivity contribution in [3.05, 3.63) is 65.0 Å². The molecule has 1 unspecified atom stereocenters. The van der Waals surface area contributed by atoms with Crippen molar-refractivity contribution in [3.8, 4) is 5.75 Å². The van der Waals surface area contributed by atoms with Crippen LogP contribution in [0.2, 0.25) is 0 Å². The van der Waals surface area contributed by atoms with Crippen LogP contribution in [0.1, 0.15) is 23.1 Å². The quantitative estimate of drug-likeness (QED) is 0.877. The third kappa shape index (κ3) is 4.87. The zero-order valence-corrected chi connectivity index (χ0v) is 12.6. The van der Waals surface area contributed by atoms with Gasteiger partial charge in [0.1, 0.15) is 11.6 Å². The first kappa shape index (κ1) is 15.5. The molecule has 0 aliphatic carbocycles. The van der Waals surface area contributed by atoms with Crippen LogP contribution in [0.3, 0.4) is 0 Å². The topological polar surface area (TPSA) is 35.2 Å². The molecule has 2 N–H and O–H groups in total. The molecule has 0 amide bonds. The Labute approximate surface area is 125 Å². The maximum Gasteiger partial charge on any atom is 0.123 e. The number of halogens is 1. The summed E-state index contributed by atoms with van der Waals surface area (Å²) in [5.74, 6) is 0.656. The number of nitrogens with two attached hydrogens (primary N) is 1. The lowest BCUT2D eigenvalue weighted by Crippen LogP contribution is -2.25.